The Morgan fingerprint density at radius 3 is 2.36 bits per heavy atom. The third-order valence-corrected chi connectivity index (χ3v) is 6.19. The number of carbonyl (C=O) groups is 2. The molecule has 1 N–H and O–H groups in total. The second-order valence-electron chi connectivity index (χ2n) is 8.26. The van der Waals surface area contributed by atoms with Crippen LogP contribution in [0.5, 0.6) is 5.75 Å². The average Bonchev–Trinajstić information content (AvgIpc) is 3.10. The molecule has 1 aliphatic heterocycles. The maximum absolute atomic E-state index is 13.4. The lowest BCUT2D eigenvalue weighted by Gasteiger charge is -2.28. The number of amides is 1. The summed E-state index contributed by atoms with van der Waals surface area (Å²) in [7, 11) is 1.55. The monoisotopic (exact) mass is 441 g/mol. The van der Waals surface area contributed by atoms with Crippen LogP contribution >= 0.6 is 0 Å². The zero-order chi connectivity index (χ0) is 23.5. The molecule has 0 saturated heterocycles. The number of ketones is 1. The lowest BCUT2D eigenvalue weighted by atomic mass is 9.92. The highest BCUT2D eigenvalue weighted by Crippen LogP contribution is 2.44. The van der Waals surface area contributed by atoms with Gasteiger partial charge < -0.3 is 9.84 Å². The van der Waals surface area contributed by atoms with Crippen molar-refractivity contribution in [1.82, 2.24) is 0 Å². The number of benzene rings is 3. The minimum Gasteiger partial charge on any atom is -0.503 e. The van der Waals surface area contributed by atoms with Crippen LogP contribution in [0.25, 0.3) is 0 Å². The number of rotatable bonds is 7. The van der Waals surface area contributed by atoms with Crippen molar-refractivity contribution >= 4 is 17.4 Å². The number of para-hydroxylation sites is 1. The number of carbonyl (C=O) groups excluding carboxylic acids is 2. The number of ether oxygens (including phenoxy) is 1. The minimum atomic E-state index is -0.779. The molecule has 1 amide bonds. The van der Waals surface area contributed by atoms with Gasteiger partial charge in [0.1, 0.15) is 5.75 Å². The molecule has 0 bridgehead atoms. The number of anilines is 1. The minimum absolute atomic E-state index is 0.110. The van der Waals surface area contributed by atoms with E-state index in [0.717, 1.165) is 16.7 Å². The van der Waals surface area contributed by atoms with E-state index < -0.39 is 17.7 Å². The van der Waals surface area contributed by atoms with Gasteiger partial charge in [-0.3, -0.25) is 14.5 Å². The lowest BCUT2D eigenvalue weighted by Crippen LogP contribution is -2.31. The van der Waals surface area contributed by atoms with E-state index in [2.05, 4.69) is 0 Å². The first kappa shape index (κ1) is 22.3. The molecule has 168 valence electrons. The van der Waals surface area contributed by atoms with Crippen LogP contribution in [0.3, 0.4) is 0 Å². The van der Waals surface area contributed by atoms with Crippen molar-refractivity contribution in [2.24, 2.45) is 0 Å². The van der Waals surface area contributed by atoms with E-state index in [1.165, 1.54) is 4.90 Å². The zero-order valence-electron chi connectivity index (χ0n) is 19.0. The fraction of sp³-hybridized carbons (Fsp3) is 0.214. The van der Waals surface area contributed by atoms with Crippen LogP contribution < -0.4 is 9.64 Å². The number of methoxy groups -OCH3 is 1. The Labute approximate surface area is 193 Å². The van der Waals surface area contributed by atoms with Crippen molar-refractivity contribution in [2.75, 3.05) is 12.0 Å². The summed E-state index contributed by atoms with van der Waals surface area (Å²) in [5.74, 6) is -0.793. The van der Waals surface area contributed by atoms with Gasteiger partial charge in [-0.1, -0.05) is 54.6 Å². The van der Waals surface area contributed by atoms with E-state index in [4.69, 9.17) is 4.74 Å². The predicted molar refractivity (Wildman–Crippen MR) is 129 cm³/mol. The summed E-state index contributed by atoms with van der Waals surface area (Å²) in [6.07, 6.45) is 0.704. The summed E-state index contributed by atoms with van der Waals surface area (Å²) >= 11 is 0. The summed E-state index contributed by atoms with van der Waals surface area (Å²) in [6, 6.07) is 21.9. The van der Waals surface area contributed by atoms with Crippen molar-refractivity contribution in [2.45, 2.75) is 32.7 Å². The Balaban J connectivity index is 1.78. The van der Waals surface area contributed by atoms with Crippen LogP contribution in [0.2, 0.25) is 0 Å². The molecule has 0 spiro atoms. The number of Topliss-reactive ketones (excluding diaryl/α,β-unsaturated/α-hetero) is 1. The van der Waals surface area contributed by atoms with Gasteiger partial charge in [-0.2, -0.15) is 0 Å². The summed E-state index contributed by atoms with van der Waals surface area (Å²) < 4.78 is 5.56. The first-order chi connectivity index (χ1) is 15.9. The van der Waals surface area contributed by atoms with Gasteiger partial charge in [-0.25, -0.2) is 0 Å². The summed E-state index contributed by atoms with van der Waals surface area (Å²) in [5, 5.41) is 10.9. The topological polar surface area (TPSA) is 66.8 Å². The van der Waals surface area contributed by atoms with Gasteiger partial charge in [0.2, 0.25) is 0 Å². The van der Waals surface area contributed by atoms with E-state index in [9.17, 15) is 14.7 Å². The number of aliphatic hydroxyl groups is 1. The molecule has 5 heteroatoms. The van der Waals surface area contributed by atoms with Gasteiger partial charge in [-0.15, -0.1) is 0 Å². The molecular formula is C28H27NO4. The summed E-state index contributed by atoms with van der Waals surface area (Å²) in [5.41, 5.74) is 4.52. The number of hydrogen-bond donors (Lipinski definition) is 1. The normalized spacial score (nSPS) is 15.8. The smallest absolute Gasteiger partial charge is 0.294 e. The van der Waals surface area contributed by atoms with Crippen LogP contribution in [0.4, 0.5) is 5.69 Å². The third kappa shape index (κ3) is 4.27. The molecular weight excluding hydrogens is 414 g/mol. The third-order valence-electron chi connectivity index (χ3n) is 6.19. The molecule has 33 heavy (non-hydrogen) atoms. The first-order valence-electron chi connectivity index (χ1n) is 11.0. The molecule has 1 unspecified atom stereocenters. The number of hydrogen-bond acceptors (Lipinski definition) is 4. The fourth-order valence-corrected chi connectivity index (χ4v) is 4.26. The van der Waals surface area contributed by atoms with Crippen LogP contribution in [0.15, 0.2) is 84.1 Å². The maximum atomic E-state index is 13.4. The molecule has 3 aromatic rings. The lowest BCUT2D eigenvalue weighted by molar-refractivity contribution is -0.118. The predicted octanol–water partition coefficient (Wildman–Crippen LogP) is 5.41. The van der Waals surface area contributed by atoms with Crippen LogP contribution in [-0.2, 0) is 16.0 Å². The largest absolute Gasteiger partial charge is 0.503 e. The molecule has 0 radical (unpaired) electrons. The molecule has 3 aromatic carbocycles. The zero-order valence-corrected chi connectivity index (χ0v) is 19.0. The number of nitrogens with zero attached hydrogens (tertiary/aromatic N) is 1. The van der Waals surface area contributed by atoms with Crippen molar-refractivity contribution in [3.63, 3.8) is 0 Å². The highest BCUT2D eigenvalue weighted by atomic mass is 16.5. The molecule has 0 aliphatic carbocycles. The highest BCUT2D eigenvalue weighted by Gasteiger charge is 2.45. The SMILES string of the molecule is COc1ccccc1C1C(C(=O)CCc2ccccc2)=C(O)C(=O)N1c1ccc(C)c(C)c1. The summed E-state index contributed by atoms with van der Waals surface area (Å²) in [6.45, 7) is 3.97. The van der Waals surface area contributed by atoms with E-state index >= 15 is 0 Å². The van der Waals surface area contributed by atoms with Crippen LogP contribution in [0.1, 0.15) is 34.7 Å². The second-order valence-corrected chi connectivity index (χ2v) is 8.26. The standard InChI is InChI=1S/C28H27NO4/c1-18-13-15-21(17-19(18)2)29-26(22-11-7-8-12-24(22)33-3)25(27(31)28(29)32)23(30)16-14-20-9-5-4-6-10-20/h4-13,15,17,26,31H,14,16H2,1-3H3. The molecule has 1 aliphatic rings. The van der Waals surface area contributed by atoms with Gasteiger partial charge in [0.15, 0.2) is 11.5 Å². The molecule has 0 aromatic heterocycles. The van der Waals surface area contributed by atoms with Gasteiger partial charge in [0.05, 0.1) is 18.7 Å². The fourth-order valence-electron chi connectivity index (χ4n) is 4.26. The maximum Gasteiger partial charge on any atom is 0.294 e. The molecule has 1 heterocycles. The Bertz CT molecular complexity index is 1230. The average molecular weight is 442 g/mol. The van der Waals surface area contributed by atoms with Gasteiger partial charge in [0.25, 0.3) is 5.91 Å². The van der Waals surface area contributed by atoms with Gasteiger partial charge >= 0.3 is 0 Å². The summed E-state index contributed by atoms with van der Waals surface area (Å²) in [4.78, 5) is 28.2. The second kappa shape index (κ2) is 9.33. The van der Waals surface area contributed by atoms with Gasteiger partial charge in [0, 0.05) is 17.7 Å². The molecule has 1 atom stereocenters. The van der Waals surface area contributed by atoms with Crippen molar-refractivity contribution in [3.8, 4) is 5.75 Å². The molecule has 5 nitrogen and oxygen atoms in total. The van der Waals surface area contributed by atoms with E-state index in [1.54, 1.807) is 13.2 Å². The van der Waals surface area contributed by atoms with Crippen molar-refractivity contribution in [1.29, 1.82) is 0 Å². The Morgan fingerprint density at radius 2 is 1.67 bits per heavy atom. The molecule has 0 saturated carbocycles. The highest BCUT2D eigenvalue weighted by molar-refractivity contribution is 6.16. The quantitative estimate of drug-likeness (QED) is 0.532. The number of aliphatic hydroxyl groups excluding tert-OH is 1. The van der Waals surface area contributed by atoms with Gasteiger partial charge in [-0.05, 0) is 55.2 Å². The Kier molecular flexibility index (Phi) is 6.31. The number of aryl methyl sites for hydroxylation is 3. The van der Waals surface area contributed by atoms with Crippen LogP contribution in [-0.4, -0.2) is 23.9 Å². The van der Waals surface area contributed by atoms with Crippen LogP contribution in [0, 0.1) is 13.8 Å². The van der Waals surface area contributed by atoms with Crippen molar-refractivity contribution < 1.29 is 19.4 Å². The van der Waals surface area contributed by atoms with E-state index in [-0.39, 0.29) is 17.8 Å². The molecule has 4 rings (SSSR count). The first-order valence-corrected chi connectivity index (χ1v) is 11.0. The Hall–Kier alpha value is -3.86. The van der Waals surface area contributed by atoms with E-state index in [1.807, 2.05) is 80.6 Å². The Morgan fingerprint density at radius 1 is 0.970 bits per heavy atom. The van der Waals surface area contributed by atoms with E-state index in [0.29, 0.717) is 23.4 Å². The van der Waals surface area contributed by atoms with Crippen molar-refractivity contribution in [3.05, 3.63) is 106 Å². The molecule has 0 fully saturated rings.